The van der Waals surface area contributed by atoms with Crippen molar-refractivity contribution in [2.45, 2.75) is 38.5 Å². The quantitative estimate of drug-likeness (QED) is 0.0564. The van der Waals surface area contributed by atoms with Gasteiger partial charge < -0.3 is 45.7 Å². The number of aromatic nitrogens is 4. The first-order valence-electron chi connectivity index (χ1n) is 15.4. The van der Waals surface area contributed by atoms with Crippen molar-refractivity contribution in [1.29, 1.82) is 0 Å². The number of para-hydroxylation sites is 1. The summed E-state index contributed by atoms with van der Waals surface area (Å²) in [5, 5.41) is 27.6. The van der Waals surface area contributed by atoms with Gasteiger partial charge in [-0.05, 0) is 49.7 Å². The van der Waals surface area contributed by atoms with E-state index in [4.69, 9.17) is 19.5 Å². The van der Waals surface area contributed by atoms with E-state index in [1.54, 1.807) is 25.1 Å². The molecular formula is C31H35N8O11P. The number of aromatic amines is 1. The highest BCUT2D eigenvalue weighted by molar-refractivity contribution is 7.33. The number of fused-ring (bicyclic) bond motifs is 1. The number of carbonyl (C=O) groups is 4. The van der Waals surface area contributed by atoms with Gasteiger partial charge >= 0.3 is 20.2 Å². The van der Waals surface area contributed by atoms with Crippen molar-refractivity contribution in [1.82, 2.24) is 25.3 Å². The van der Waals surface area contributed by atoms with Crippen LogP contribution >= 0.6 is 8.25 Å². The second kappa shape index (κ2) is 18.3. The second-order valence-corrected chi connectivity index (χ2v) is 11.7. The summed E-state index contributed by atoms with van der Waals surface area (Å²) in [5.41, 5.74) is 6.36. The maximum Gasteiger partial charge on any atom is 0.340 e. The van der Waals surface area contributed by atoms with Gasteiger partial charge in [0, 0.05) is 17.7 Å². The first-order chi connectivity index (χ1) is 24.4. The predicted octanol–water partition coefficient (Wildman–Crippen LogP) is 1.47. The Labute approximate surface area is 289 Å². The second-order valence-electron chi connectivity index (χ2n) is 10.7. The first kappa shape index (κ1) is 38.1. The third-order valence-electron chi connectivity index (χ3n) is 6.85. The van der Waals surface area contributed by atoms with Crippen LogP contribution < -0.4 is 27.2 Å². The van der Waals surface area contributed by atoms with E-state index in [9.17, 15) is 38.8 Å². The molecular weight excluding hydrogens is 691 g/mol. The molecule has 270 valence electrons. The zero-order chi connectivity index (χ0) is 36.9. The number of nitrogens with two attached hydrogens (primary N) is 1. The molecule has 51 heavy (non-hydrogen) atoms. The molecule has 4 aromatic rings. The van der Waals surface area contributed by atoms with Crippen LogP contribution in [0.2, 0.25) is 0 Å². The maximum atomic E-state index is 12.8. The highest BCUT2D eigenvalue weighted by Gasteiger charge is 2.23. The minimum atomic E-state index is -2.78. The first-order valence-corrected chi connectivity index (χ1v) is 16.6. The van der Waals surface area contributed by atoms with E-state index in [0.717, 1.165) is 0 Å². The van der Waals surface area contributed by atoms with Crippen LogP contribution in [0.3, 0.4) is 0 Å². The van der Waals surface area contributed by atoms with Gasteiger partial charge in [0.15, 0.2) is 11.2 Å². The molecule has 0 radical (unpaired) electrons. The zero-order valence-corrected chi connectivity index (χ0v) is 28.1. The molecule has 0 aliphatic rings. The Kier molecular flexibility index (Phi) is 13.7. The molecule has 8 N–H and O–H groups in total. The monoisotopic (exact) mass is 726 g/mol. The molecule has 20 heteroatoms. The van der Waals surface area contributed by atoms with Crippen molar-refractivity contribution >= 4 is 60.5 Å². The standard InChI is InChI=1S/C31H35N8O11P/c1-2-49-51(47)50-16-20(40)15-48-30(46)21-5-3-4-6-22(21)36-24(41)12-11-23(29(44)45)37-27(42)17-7-9-18(10-8-17)33-13-19-14-34-26-25(35-19)28(43)39-31(32)38-26/h3-10,14,20,23,33,40,51H,2,11-13,15-16H2,1H3,(H,36,41)(H,37,42)(H,44,45)(H3,32,34,38,39,43)/t20?,23-/m1/s1. The lowest BCUT2D eigenvalue weighted by Crippen LogP contribution is -2.41. The third-order valence-corrected chi connectivity index (χ3v) is 7.78. The Morgan fingerprint density at radius 1 is 1.04 bits per heavy atom. The van der Waals surface area contributed by atoms with Crippen LogP contribution in [0.1, 0.15) is 46.2 Å². The minimum Gasteiger partial charge on any atom is -0.480 e. The summed E-state index contributed by atoms with van der Waals surface area (Å²) in [5.74, 6) is -3.63. The molecule has 0 saturated heterocycles. The maximum absolute atomic E-state index is 12.8. The zero-order valence-electron chi connectivity index (χ0n) is 27.1. The van der Waals surface area contributed by atoms with Crippen LogP contribution in [0, 0.1) is 0 Å². The Hall–Kier alpha value is -5.75. The van der Waals surface area contributed by atoms with E-state index in [1.807, 2.05) is 0 Å². The van der Waals surface area contributed by atoms with Crippen molar-refractivity contribution in [3.63, 3.8) is 0 Å². The van der Waals surface area contributed by atoms with Gasteiger partial charge in [-0.25, -0.2) is 19.6 Å². The van der Waals surface area contributed by atoms with Crippen molar-refractivity contribution in [3.05, 3.63) is 81.9 Å². The van der Waals surface area contributed by atoms with Crippen LogP contribution in [-0.4, -0.2) is 85.9 Å². The molecule has 3 atom stereocenters. The number of hydrogen-bond acceptors (Lipinski definition) is 15. The average molecular weight is 727 g/mol. The number of ether oxygens (including phenoxy) is 1. The lowest BCUT2D eigenvalue weighted by molar-refractivity contribution is -0.139. The number of carboxylic acid groups (broad SMARTS) is 1. The van der Waals surface area contributed by atoms with Crippen molar-refractivity contribution < 1.29 is 47.7 Å². The molecule has 0 bridgehead atoms. The van der Waals surface area contributed by atoms with Gasteiger partial charge in [-0.15, -0.1) is 0 Å². The van der Waals surface area contributed by atoms with Gasteiger partial charge in [0.2, 0.25) is 11.9 Å². The lowest BCUT2D eigenvalue weighted by atomic mass is 10.1. The Morgan fingerprint density at radius 2 is 1.78 bits per heavy atom. The number of aliphatic hydroxyl groups excluding tert-OH is 1. The van der Waals surface area contributed by atoms with Gasteiger partial charge in [0.05, 0.1) is 42.9 Å². The van der Waals surface area contributed by atoms with E-state index >= 15 is 0 Å². The van der Waals surface area contributed by atoms with Crippen LogP contribution in [-0.2, 0) is 34.5 Å². The summed E-state index contributed by atoms with van der Waals surface area (Å²) in [6, 6.07) is 10.6. The number of carbonyl (C=O) groups excluding carboxylic acids is 3. The Morgan fingerprint density at radius 3 is 2.51 bits per heavy atom. The molecule has 0 spiro atoms. The van der Waals surface area contributed by atoms with E-state index in [1.165, 1.54) is 36.5 Å². The number of aliphatic hydroxyl groups is 1. The van der Waals surface area contributed by atoms with E-state index in [0.29, 0.717) is 11.4 Å². The molecule has 2 aromatic carbocycles. The van der Waals surface area contributed by atoms with E-state index in [2.05, 4.69) is 35.9 Å². The summed E-state index contributed by atoms with van der Waals surface area (Å²) < 4.78 is 26.1. The molecule has 0 saturated carbocycles. The lowest BCUT2D eigenvalue weighted by Gasteiger charge is -2.16. The minimum absolute atomic E-state index is 0.0293. The largest absolute Gasteiger partial charge is 0.480 e. The van der Waals surface area contributed by atoms with Crippen molar-refractivity contribution in [2.75, 3.05) is 36.2 Å². The Bertz CT molecular complexity index is 1960. The number of amides is 2. The number of nitrogens with zero attached hydrogens (tertiary/aromatic N) is 3. The van der Waals surface area contributed by atoms with Crippen LogP contribution in [0.4, 0.5) is 17.3 Å². The molecule has 2 unspecified atom stereocenters. The highest BCUT2D eigenvalue weighted by atomic mass is 31.1. The van der Waals surface area contributed by atoms with Gasteiger partial charge in [-0.2, -0.15) is 4.98 Å². The molecule has 2 amide bonds. The molecule has 4 rings (SSSR count). The fourth-order valence-corrected chi connectivity index (χ4v) is 5.01. The van der Waals surface area contributed by atoms with Gasteiger partial charge in [-0.1, -0.05) is 12.1 Å². The molecule has 0 aliphatic heterocycles. The average Bonchev–Trinajstić information content (AvgIpc) is 3.11. The predicted molar refractivity (Wildman–Crippen MR) is 182 cm³/mol. The van der Waals surface area contributed by atoms with Crippen LogP contribution in [0.25, 0.3) is 11.2 Å². The highest BCUT2D eigenvalue weighted by Crippen LogP contribution is 2.23. The van der Waals surface area contributed by atoms with Crippen molar-refractivity contribution in [2.24, 2.45) is 0 Å². The molecule has 0 fully saturated rings. The number of anilines is 3. The van der Waals surface area contributed by atoms with Gasteiger partial charge in [0.25, 0.3) is 11.5 Å². The number of carboxylic acids is 1. The van der Waals surface area contributed by atoms with Gasteiger partial charge in [0.1, 0.15) is 18.8 Å². The molecule has 2 heterocycles. The smallest absolute Gasteiger partial charge is 0.340 e. The number of H-pyrrole nitrogens is 1. The normalized spacial score (nSPS) is 12.7. The number of benzene rings is 2. The van der Waals surface area contributed by atoms with Gasteiger partial charge in [-0.3, -0.25) is 23.9 Å². The number of hydrogen-bond donors (Lipinski definition) is 7. The van der Waals surface area contributed by atoms with E-state index in [-0.39, 0.29) is 59.9 Å². The molecule has 2 aromatic heterocycles. The number of nitrogens with one attached hydrogen (secondary N) is 4. The van der Waals surface area contributed by atoms with Crippen LogP contribution in [0.15, 0.2) is 59.5 Å². The SMILES string of the molecule is CCO[PH](=O)OCC(O)COC(=O)c1ccccc1NC(=O)CC[C@@H](NC(=O)c1ccc(NCc2cnc3nc(N)[nH]c(=O)c3n2)cc1)C(=O)O. The van der Waals surface area contributed by atoms with E-state index < -0.39 is 62.9 Å². The summed E-state index contributed by atoms with van der Waals surface area (Å²) in [4.78, 5) is 76.8. The fourth-order valence-electron chi connectivity index (χ4n) is 4.37. The summed E-state index contributed by atoms with van der Waals surface area (Å²) in [7, 11) is -2.78. The Balaban J connectivity index is 1.26. The molecule has 19 nitrogen and oxygen atoms in total. The summed E-state index contributed by atoms with van der Waals surface area (Å²) in [6.07, 6.45) is -0.446. The number of aliphatic carboxylic acids is 1. The molecule has 0 aliphatic carbocycles. The van der Waals surface area contributed by atoms with Crippen molar-refractivity contribution in [3.8, 4) is 0 Å². The number of nitrogen functional groups attached to an aromatic ring is 1. The summed E-state index contributed by atoms with van der Waals surface area (Å²) in [6.45, 7) is 1.10. The topological polar surface area (TPSA) is 287 Å². The van der Waals surface area contributed by atoms with Crippen LogP contribution in [0.5, 0.6) is 0 Å². The number of rotatable bonds is 18. The summed E-state index contributed by atoms with van der Waals surface area (Å²) >= 11 is 0. The number of esters is 1. The third kappa shape index (κ3) is 11.4. The fraction of sp³-hybridized carbons (Fsp3) is 0.290.